The Morgan fingerprint density at radius 2 is 1.74 bits per heavy atom. The quantitative estimate of drug-likeness (QED) is 0.416. The molecule has 0 aliphatic rings. The van der Waals surface area contributed by atoms with E-state index in [2.05, 4.69) is 5.32 Å². The van der Waals surface area contributed by atoms with Gasteiger partial charge in [0.05, 0.1) is 36.1 Å². The lowest BCUT2D eigenvalue weighted by Crippen LogP contribution is -2.49. The smallest absolute Gasteiger partial charge is 0.177 e. The molecule has 0 atom stereocenters. The van der Waals surface area contributed by atoms with Crippen LogP contribution in [0.2, 0.25) is 0 Å². The molecule has 0 amide bonds. The predicted octanol–water partition coefficient (Wildman–Crippen LogP) is -1.20. The van der Waals surface area contributed by atoms with Gasteiger partial charge < -0.3 is 26.4 Å². The van der Waals surface area contributed by atoms with Gasteiger partial charge in [0.15, 0.2) is 9.84 Å². The Labute approximate surface area is 111 Å². The minimum atomic E-state index is -3.48. The maximum atomic E-state index is 11.5. The first-order chi connectivity index (χ1) is 8.79. The van der Waals surface area contributed by atoms with Gasteiger partial charge in [-0.3, -0.25) is 0 Å². The monoisotopic (exact) mass is 290 g/mol. The van der Waals surface area contributed by atoms with E-state index in [1.807, 2.05) is 0 Å². The molecule has 0 unspecified atom stereocenters. The highest BCUT2D eigenvalue weighted by molar-refractivity contribution is 7.90. The number of aliphatic hydroxyl groups is 3. The van der Waals surface area contributed by atoms with E-state index in [9.17, 15) is 23.7 Å². The van der Waals surface area contributed by atoms with Crippen molar-refractivity contribution in [3.8, 4) is 0 Å². The molecule has 1 aromatic carbocycles. The lowest BCUT2D eigenvalue weighted by molar-refractivity contribution is 0.0834. The predicted molar refractivity (Wildman–Crippen MR) is 71.6 cm³/mol. The highest BCUT2D eigenvalue weighted by Gasteiger charge is 2.29. The topological polar surface area (TPSA) is 133 Å². The minimum absolute atomic E-state index is 0.0234. The van der Waals surface area contributed by atoms with Crippen LogP contribution in [0.5, 0.6) is 0 Å². The van der Waals surface area contributed by atoms with Crippen molar-refractivity contribution in [3.63, 3.8) is 0 Å². The summed E-state index contributed by atoms with van der Waals surface area (Å²) >= 11 is 0. The third-order valence-electron chi connectivity index (χ3n) is 2.77. The van der Waals surface area contributed by atoms with Crippen LogP contribution in [0, 0.1) is 0 Å². The number of anilines is 2. The van der Waals surface area contributed by atoms with Gasteiger partial charge in [-0.05, 0) is 12.1 Å². The highest BCUT2D eigenvalue weighted by atomic mass is 32.2. The number of hydrogen-bond donors (Lipinski definition) is 5. The number of hydrogen-bond acceptors (Lipinski definition) is 7. The lowest BCUT2D eigenvalue weighted by atomic mass is 10.0. The molecule has 7 nitrogen and oxygen atoms in total. The molecule has 0 aliphatic heterocycles. The second kappa shape index (κ2) is 5.74. The van der Waals surface area contributed by atoms with Gasteiger partial charge >= 0.3 is 0 Å². The van der Waals surface area contributed by atoms with Crippen LogP contribution in [0.1, 0.15) is 0 Å². The van der Waals surface area contributed by atoms with E-state index in [-0.39, 0.29) is 16.3 Å². The van der Waals surface area contributed by atoms with Gasteiger partial charge in [-0.15, -0.1) is 0 Å². The van der Waals surface area contributed by atoms with Crippen LogP contribution < -0.4 is 11.1 Å². The molecule has 0 bridgehead atoms. The summed E-state index contributed by atoms with van der Waals surface area (Å²) in [5.74, 6) is 0. The van der Waals surface area contributed by atoms with Crippen LogP contribution in [-0.2, 0) is 9.84 Å². The Morgan fingerprint density at radius 3 is 2.16 bits per heavy atom. The largest absolute Gasteiger partial charge is 0.396 e. The molecule has 0 spiro atoms. The molecule has 6 N–H and O–H groups in total. The van der Waals surface area contributed by atoms with Crippen LogP contribution >= 0.6 is 0 Å². The van der Waals surface area contributed by atoms with Gasteiger partial charge in [0.2, 0.25) is 0 Å². The van der Waals surface area contributed by atoms with Crippen molar-refractivity contribution in [3.05, 3.63) is 18.2 Å². The standard InChI is InChI=1S/C11H18N2O5S/c1-19(17,18)9-4-2-3-8(10(9)12)13-11(5-14,6-15)7-16/h2-4,13-16H,5-7,12H2,1H3. The fraction of sp³-hybridized carbons (Fsp3) is 0.455. The third kappa shape index (κ3) is 3.35. The summed E-state index contributed by atoms with van der Waals surface area (Å²) in [6.45, 7) is -1.62. The van der Waals surface area contributed by atoms with Crippen LogP contribution in [0.15, 0.2) is 23.1 Å². The first-order valence-electron chi connectivity index (χ1n) is 5.49. The Hall–Kier alpha value is -1.35. The normalized spacial score (nSPS) is 12.4. The zero-order valence-corrected chi connectivity index (χ0v) is 11.3. The van der Waals surface area contributed by atoms with Gasteiger partial charge in [-0.2, -0.15) is 0 Å². The minimum Gasteiger partial charge on any atom is -0.396 e. The fourth-order valence-electron chi connectivity index (χ4n) is 1.53. The van der Waals surface area contributed by atoms with Crippen molar-refractivity contribution in [2.45, 2.75) is 10.4 Å². The van der Waals surface area contributed by atoms with Crippen LogP contribution in [0.25, 0.3) is 0 Å². The van der Waals surface area contributed by atoms with Crippen molar-refractivity contribution in [2.75, 3.05) is 37.1 Å². The fourth-order valence-corrected chi connectivity index (χ4v) is 2.37. The zero-order valence-electron chi connectivity index (χ0n) is 10.5. The number of rotatable bonds is 6. The second-order valence-corrected chi connectivity index (χ2v) is 6.35. The Kier molecular flexibility index (Phi) is 4.75. The van der Waals surface area contributed by atoms with Gasteiger partial charge in [-0.1, -0.05) is 6.07 Å². The van der Waals surface area contributed by atoms with Crippen molar-refractivity contribution in [1.29, 1.82) is 0 Å². The maximum Gasteiger partial charge on any atom is 0.177 e. The second-order valence-electron chi connectivity index (χ2n) is 4.37. The van der Waals surface area contributed by atoms with Gasteiger partial charge in [0.25, 0.3) is 0 Å². The molecule has 108 valence electrons. The average molecular weight is 290 g/mol. The molecule has 0 saturated heterocycles. The summed E-state index contributed by atoms with van der Waals surface area (Å²) in [7, 11) is -3.48. The molecule has 0 aromatic heterocycles. The summed E-state index contributed by atoms with van der Waals surface area (Å²) in [6, 6.07) is 4.33. The Balaban J connectivity index is 3.23. The summed E-state index contributed by atoms with van der Waals surface area (Å²) in [5.41, 5.74) is 4.58. The molecule has 0 aliphatic carbocycles. The van der Waals surface area contributed by atoms with Crippen LogP contribution in [-0.4, -0.2) is 55.4 Å². The Bertz CT molecular complexity index is 532. The molecular formula is C11H18N2O5S. The van der Waals surface area contributed by atoms with Gasteiger partial charge in [0, 0.05) is 6.26 Å². The molecule has 1 aromatic rings. The number of sulfone groups is 1. The summed E-state index contributed by atoms with van der Waals surface area (Å²) in [5, 5.41) is 30.3. The van der Waals surface area contributed by atoms with Crippen LogP contribution in [0.4, 0.5) is 11.4 Å². The number of benzene rings is 1. The summed E-state index contributed by atoms with van der Waals surface area (Å²) in [6.07, 6.45) is 1.03. The molecule has 0 fully saturated rings. The van der Waals surface area contributed by atoms with E-state index >= 15 is 0 Å². The molecule has 0 saturated carbocycles. The summed E-state index contributed by atoms with van der Waals surface area (Å²) < 4.78 is 23.0. The maximum absolute atomic E-state index is 11.5. The first kappa shape index (κ1) is 15.7. The van der Waals surface area contributed by atoms with E-state index < -0.39 is 35.2 Å². The molecule has 0 radical (unpaired) electrons. The van der Waals surface area contributed by atoms with Crippen LogP contribution in [0.3, 0.4) is 0 Å². The van der Waals surface area contributed by atoms with Gasteiger partial charge in [0.1, 0.15) is 5.54 Å². The van der Waals surface area contributed by atoms with Gasteiger partial charge in [-0.25, -0.2) is 8.42 Å². The number of nitrogen functional groups attached to an aromatic ring is 1. The third-order valence-corrected chi connectivity index (χ3v) is 3.93. The highest BCUT2D eigenvalue weighted by Crippen LogP contribution is 2.28. The molecule has 19 heavy (non-hydrogen) atoms. The van der Waals surface area contributed by atoms with E-state index in [4.69, 9.17) is 5.73 Å². The number of nitrogens with one attached hydrogen (secondary N) is 1. The number of aliphatic hydroxyl groups excluding tert-OH is 3. The Morgan fingerprint density at radius 1 is 1.21 bits per heavy atom. The zero-order chi connectivity index (χ0) is 14.7. The molecule has 1 rings (SSSR count). The molecular weight excluding hydrogens is 272 g/mol. The number of nitrogens with two attached hydrogens (primary N) is 1. The van der Waals surface area contributed by atoms with Crippen molar-refractivity contribution < 1.29 is 23.7 Å². The molecule has 0 heterocycles. The molecule has 8 heteroatoms. The summed E-state index contributed by atoms with van der Waals surface area (Å²) in [4.78, 5) is -0.0554. The van der Waals surface area contributed by atoms with E-state index in [1.54, 1.807) is 0 Å². The van der Waals surface area contributed by atoms with Crippen molar-refractivity contribution in [2.24, 2.45) is 0 Å². The van der Waals surface area contributed by atoms with E-state index in [0.717, 1.165) is 6.26 Å². The van der Waals surface area contributed by atoms with E-state index in [0.29, 0.717) is 0 Å². The van der Waals surface area contributed by atoms with Crippen molar-refractivity contribution >= 4 is 21.2 Å². The number of para-hydroxylation sites is 1. The SMILES string of the molecule is CS(=O)(=O)c1cccc(NC(CO)(CO)CO)c1N. The lowest BCUT2D eigenvalue weighted by Gasteiger charge is -2.30. The van der Waals surface area contributed by atoms with E-state index in [1.165, 1.54) is 18.2 Å². The first-order valence-corrected chi connectivity index (χ1v) is 7.38. The van der Waals surface area contributed by atoms with Crippen molar-refractivity contribution in [1.82, 2.24) is 0 Å². The average Bonchev–Trinajstić information content (AvgIpc) is 2.37.